The topological polar surface area (TPSA) is 68.9 Å². The lowest BCUT2D eigenvalue weighted by Gasteiger charge is -2.20. The van der Waals surface area contributed by atoms with Gasteiger partial charge in [0.2, 0.25) is 0 Å². The molecule has 3 rings (SSSR count). The monoisotopic (exact) mass is 445 g/mol. The summed E-state index contributed by atoms with van der Waals surface area (Å²) in [5.41, 5.74) is 7.68. The molecule has 0 aliphatic carbocycles. The van der Waals surface area contributed by atoms with Crippen molar-refractivity contribution in [3.8, 4) is 11.5 Å². The Balaban J connectivity index is 0.00000192. The standard InChI is InChI=1S/C16H16ClN3O2.HI/c17-13-8-11(9-14-15(13)22-7-6-21-14)10-19-16(18)20-12-4-2-1-3-5-12;/h1-5,8-9H,6-7,10H2,(H3,18,19,20);1H. The molecule has 0 radical (unpaired) electrons. The molecule has 3 N–H and O–H groups in total. The van der Waals surface area contributed by atoms with Gasteiger partial charge in [0.1, 0.15) is 13.2 Å². The first kappa shape index (κ1) is 17.7. The summed E-state index contributed by atoms with van der Waals surface area (Å²) in [5.74, 6) is 1.59. The quantitative estimate of drug-likeness (QED) is 0.430. The second-order valence-corrected chi connectivity index (χ2v) is 5.20. The first-order valence-corrected chi connectivity index (χ1v) is 7.30. The average Bonchev–Trinajstić information content (AvgIpc) is 2.54. The van der Waals surface area contributed by atoms with Crippen LogP contribution in [0, 0.1) is 0 Å². The lowest BCUT2D eigenvalue weighted by Crippen LogP contribution is -2.22. The molecule has 0 saturated carbocycles. The van der Waals surface area contributed by atoms with E-state index in [2.05, 4.69) is 10.3 Å². The van der Waals surface area contributed by atoms with Crippen LogP contribution in [0.3, 0.4) is 0 Å². The third-order valence-corrected chi connectivity index (χ3v) is 3.42. The Kier molecular flexibility index (Phi) is 6.35. The number of para-hydroxylation sites is 1. The van der Waals surface area contributed by atoms with E-state index in [1.165, 1.54) is 0 Å². The highest BCUT2D eigenvalue weighted by atomic mass is 127. The molecular formula is C16H17ClIN3O2. The van der Waals surface area contributed by atoms with Crippen molar-refractivity contribution in [2.45, 2.75) is 6.54 Å². The van der Waals surface area contributed by atoms with Crippen molar-refractivity contribution in [2.24, 2.45) is 10.7 Å². The lowest BCUT2D eigenvalue weighted by molar-refractivity contribution is 0.171. The highest BCUT2D eigenvalue weighted by molar-refractivity contribution is 14.0. The first-order chi connectivity index (χ1) is 10.7. The summed E-state index contributed by atoms with van der Waals surface area (Å²) in [6.45, 7) is 1.44. The molecule has 0 fully saturated rings. The molecule has 1 aliphatic rings. The van der Waals surface area contributed by atoms with E-state index in [9.17, 15) is 0 Å². The smallest absolute Gasteiger partial charge is 0.193 e. The number of nitrogens with zero attached hydrogens (tertiary/aromatic N) is 1. The van der Waals surface area contributed by atoms with Crippen LogP contribution in [0.4, 0.5) is 5.69 Å². The largest absolute Gasteiger partial charge is 0.486 e. The Morgan fingerprint density at radius 3 is 2.70 bits per heavy atom. The summed E-state index contributed by atoms with van der Waals surface area (Å²) in [6, 6.07) is 13.3. The third kappa shape index (κ3) is 4.65. The first-order valence-electron chi connectivity index (χ1n) is 6.92. The maximum atomic E-state index is 6.19. The Hall–Kier alpha value is -1.67. The van der Waals surface area contributed by atoms with Crippen LogP contribution in [-0.4, -0.2) is 19.2 Å². The van der Waals surface area contributed by atoms with Crippen molar-refractivity contribution in [2.75, 3.05) is 18.5 Å². The summed E-state index contributed by atoms with van der Waals surface area (Å²) in [7, 11) is 0. The molecule has 0 saturated heterocycles. The molecule has 1 aliphatic heterocycles. The molecule has 2 aromatic carbocycles. The number of fused-ring (bicyclic) bond motifs is 1. The Morgan fingerprint density at radius 2 is 1.91 bits per heavy atom. The van der Waals surface area contributed by atoms with Crippen molar-refractivity contribution >= 4 is 47.2 Å². The fraction of sp³-hybridized carbons (Fsp3) is 0.188. The average molecular weight is 446 g/mol. The van der Waals surface area contributed by atoms with Crippen molar-refractivity contribution < 1.29 is 9.47 Å². The number of rotatable bonds is 3. The van der Waals surface area contributed by atoms with Gasteiger partial charge in [-0.3, -0.25) is 0 Å². The molecular weight excluding hydrogens is 429 g/mol. The number of nitrogens with two attached hydrogens (primary N) is 1. The highest BCUT2D eigenvalue weighted by Crippen LogP contribution is 2.38. The van der Waals surface area contributed by atoms with Crippen molar-refractivity contribution in [3.63, 3.8) is 0 Å². The maximum Gasteiger partial charge on any atom is 0.193 e. The van der Waals surface area contributed by atoms with Gasteiger partial charge in [0.25, 0.3) is 0 Å². The van der Waals surface area contributed by atoms with Gasteiger partial charge in [-0.05, 0) is 29.8 Å². The van der Waals surface area contributed by atoms with Crippen molar-refractivity contribution in [1.29, 1.82) is 0 Å². The number of nitrogens with one attached hydrogen (secondary N) is 1. The summed E-state index contributed by atoms with van der Waals surface area (Å²) in [4.78, 5) is 4.31. The minimum atomic E-state index is 0. The normalized spacial score (nSPS) is 13.2. The molecule has 5 nitrogen and oxygen atoms in total. The summed E-state index contributed by atoms with van der Waals surface area (Å²) < 4.78 is 11.0. The number of anilines is 1. The Labute approximate surface area is 156 Å². The molecule has 0 spiro atoms. The van der Waals surface area contributed by atoms with Crippen LogP contribution in [-0.2, 0) is 6.54 Å². The van der Waals surface area contributed by atoms with E-state index in [-0.39, 0.29) is 24.0 Å². The van der Waals surface area contributed by atoms with Gasteiger partial charge in [-0.2, -0.15) is 0 Å². The molecule has 0 aromatic heterocycles. The van der Waals surface area contributed by atoms with E-state index >= 15 is 0 Å². The predicted molar refractivity (Wildman–Crippen MR) is 103 cm³/mol. The fourth-order valence-electron chi connectivity index (χ4n) is 2.14. The van der Waals surface area contributed by atoms with E-state index in [4.69, 9.17) is 26.8 Å². The van der Waals surface area contributed by atoms with Gasteiger partial charge in [-0.15, -0.1) is 24.0 Å². The molecule has 1 heterocycles. The number of hydrogen-bond acceptors (Lipinski definition) is 3. The molecule has 7 heteroatoms. The third-order valence-electron chi connectivity index (χ3n) is 3.13. The number of benzene rings is 2. The fourth-order valence-corrected chi connectivity index (χ4v) is 2.43. The van der Waals surface area contributed by atoms with Gasteiger partial charge in [-0.25, -0.2) is 4.99 Å². The number of ether oxygens (including phenoxy) is 2. The van der Waals surface area contributed by atoms with E-state index < -0.39 is 0 Å². The van der Waals surface area contributed by atoms with Crippen molar-refractivity contribution in [3.05, 3.63) is 53.1 Å². The molecule has 0 bridgehead atoms. The van der Waals surface area contributed by atoms with Crippen LogP contribution in [0.1, 0.15) is 5.56 Å². The van der Waals surface area contributed by atoms with Crippen LogP contribution < -0.4 is 20.5 Å². The highest BCUT2D eigenvalue weighted by Gasteiger charge is 2.16. The SMILES string of the molecule is I.NC(=NCc1cc(Cl)c2c(c1)OCCO2)Nc1ccccc1. The number of guanidine groups is 1. The van der Waals surface area contributed by atoms with E-state index in [1.807, 2.05) is 42.5 Å². The van der Waals surface area contributed by atoms with E-state index in [0.717, 1.165) is 11.3 Å². The number of aliphatic imine (C=N–C) groups is 1. The van der Waals surface area contributed by atoms with Gasteiger partial charge >= 0.3 is 0 Å². The second-order valence-electron chi connectivity index (χ2n) is 4.79. The van der Waals surface area contributed by atoms with Gasteiger partial charge < -0.3 is 20.5 Å². The van der Waals surface area contributed by atoms with Crippen LogP contribution in [0.2, 0.25) is 5.02 Å². The zero-order chi connectivity index (χ0) is 15.4. The molecule has 122 valence electrons. The van der Waals surface area contributed by atoms with Gasteiger partial charge in [-0.1, -0.05) is 29.8 Å². The molecule has 0 atom stereocenters. The molecule has 0 unspecified atom stereocenters. The zero-order valence-corrected chi connectivity index (χ0v) is 15.4. The minimum Gasteiger partial charge on any atom is -0.486 e. The van der Waals surface area contributed by atoms with Crippen LogP contribution in [0.25, 0.3) is 0 Å². The Morgan fingerprint density at radius 1 is 1.17 bits per heavy atom. The van der Waals surface area contributed by atoms with E-state index in [0.29, 0.717) is 42.2 Å². The van der Waals surface area contributed by atoms with Gasteiger partial charge in [0.05, 0.1) is 11.6 Å². The van der Waals surface area contributed by atoms with Crippen molar-refractivity contribution in [1.82, 2.24) is 0 Å². The second kappa shape index (κ2) is 8.26. The molecule has 0 amide bonds. The lowest BCUT2D eigenvalue weighted by atomic mass is 10.2. The van der Waals surface area contributed by atoms with Crippen LogP contribution in [0.15, 0.2) is 47.5 Å². The molecule has 2 aromatic rings. The summed E-state index contributed by atoms with van der Waals surface area (Å²) >= 11 is 6.19. The zero-order valence-electron chi connectivity index (χ0n) is 12.3. The minimum absolute atomic E-state index is 0. The maximum absolute atomic E-state index is 6.19. The Bertz CT molecular complexity index is 695. The molecule has 23 heavy (non-hydrogen) atoms. The summed E-state index contributed by atoms with van der Waals surface area (Å²) in [6.07, 6.45) is 0. The van der Waals surface area contributed by atoms with Gasteiger partial charge in [0, 0.05) is 5.69 Å². The van der Waals surface area contributed by atoms with Crippen LogP contribution >= 0.6 is 35.6 Å². The van der Waals surface area contributed by atoms with Gasteiger partial charge in [0.15, 0.2) is 17.5 Å². The van der Waals surface area contributed by atoms with Crippen LogP contribution in [0.5, 0.6) is 11.5 Å². The summed E-state index contributed by atoms with van der Waals surface area (Å²) in [5, 5.41) is 3.55. The van der Waals surface area contributed by atoms with E-state index in [1.54, 1.807) is 0 Å². The number of hydrogen-bond donors (Lipinski definition) is 2. The predicted octanol–water partition coefficient (Wildman–Crippen LogP) is 3.66. The number of halogens is 2.